The second-order valence-electron chi connectivity index (χ2n) is 6.89. The molecule has 3 amide bonds. The Morgan fingerprint density at radius 1 is 1.03 bits per heavy atom. The first-order chi connectivity index (χ1) is 14.6. The monoisotopic (exact) mass is 405 g/mol. The van der Waals surface area contributed by atoms with Gasteiger partial charge in [-0.1, -0.05) is 18.2 Å². The first-order valence-corrected chi connectivity index (χ1v) is 9.55. The van der Waals surface area contributed by atoms with E-state index >= 15 is 0 Å². The quantitative estimate of drug-likeness (QED) is 0.684. The van der Waals surface area contributed by atoms with Gasteiger partial charge < -0.3 is 10.2 Å². The zero-order chi connectivity index (χ0) is 20.9. The van der Waals surface area contributed by atoms with E-state index in [0.29, 0.717) is 37.6 Å². The minimum absolute atomic E-state index is 0.196. The largest absolute Gasteiger partial charge is 0.346 e. The summed E-state index contributed by atoms with van der Waals surface area (Å²) in [6, 6.07) is 14.6. The number of hydrogen-bond donors (Lipinski definition) is 1. The number of urea groups is 1. The van der Waals surface area contributed by atoms with E-state index in [1.165, 1.54) is 18.3 Å². The minimum Gasteiger partial charge on any atom is -0.346 e. The van der Waals surface area contributed by atoms with Crippen LogP contribution in [0.15, 0.2) is 67.0 Å². The van der Waals surface area contributed by atoms with E-state index < -0.39 is 0 Å². The van der Waals surface area contributed by atoms with Gasteiger partial charge in [0.1, 0.15) is 11.6 Å². The van der Waals surface area contributed by atoms with E-state index in [4.69, 9.17) is 0 Å². The molecule has 3 aromatic rings. The van der Waals surface area contributed by atoms with Crippen molar-refractivity contribution in [1.29, 1.82) is 0 Å². The normalized spacial score (nSPS) is 13.6. The van der Waals surface area contributed by atoms with Crippen molar-refractivity contribution < 1.29 is 14.0 Å². The van der Waals surface area contributed by atoms with Crippen molar-refractivity contribution in [1.82, 2.24) is 20.2 Å². The van der Waals surface area contributed by atoms with Crippen LogP contribution in [0, 0.1) is 5.82 Å². The van der Waals surface area contributed by atoms with Crippen LogP contribution in [0.2, 0.25) is 0 Å². The Morgan fingerprint density at radius 2 is 1.87 bits per heavy atom. The Balaban J connectivity index is 1.41. The van der Waals surface area contributed by atoms with Crippen LogP contribution in [-0.2, 0) is 13.1 Å². The average Bonchev–Trinajstić information content (AvgIpc) is 3.14. The molecule has 7 nitrogen and oxygen atoms in total. The second kappa shape index (κ2) is 8.69. The summed E-state index contributed by atoms with van der Waals surface area (Å²) >= 11 is 0. The van der Waals surface area contributed by atoms with E-state index in [0.717, 1.165) is 11.3 Å². The van der Waals surface area contributed by atoms with Crippen LogP contribution in [0.3, 0.4) is 0 Å². The van der Waals surface area contributed by atoms with Crippen molar-refractivity contribution in [2.75, 3.05) is 18.0 Å². The standard InChI is InChI=1S/C22H20FN5O2/c23-18-6-4-16(5-7-18)15-27-11-12-28(22(27)30)20-13-17(8-10-25-20)21(29)26-14-19-3-1-2-9-24-19/h1-10,13H,11-12,14-15H2,(H,26,29). The van der Waals surface area contributed by atoms with Gasteiger partial charge in [0.2, 0.25) is 0 Å². The van der Waals surface area contributed by atoms with Crippen LogP contribution in [0.25, 0.3) is 0 Å². The van der Waals surface area contributed by atoms with Crippen LogP contribution in [-0.4, -0.2) is 39.9 Å². The summed E-state index contributed by atoms with van der Waals surface area (Å²) in [5, 5.41) is 2.82. The molecule has 4 rings (SSSR count). The van der Waals surface area contributed by atoms with Gasteiger partial charge in [0.25, 0.3) is 5.91 Å². The van der Waals surface area contributed by atoms with Crippen molar-refractivity contribution in [3.05, 3.63) is 89.6 Å². The Bertz CT molecular complexity index is 1040. The summed E-state index contributed by atoms with van der Waals surface area (Å²) in [5.41, 5.74) is 2.02. The van der Waals surface area contributed by atoms with Gasteiger partial charge in [-0.25, -0.2) is 14.2 Å². The van der Waals surface area contributed by atoms with E-state index in [9.17, 15) is 14.0 Å². The fraction of sp³-hybridized carbons (Fsp3) is 0.182. The van der Waals surface area contributed by atoms with E-state index in [2.05, 4.69) is 15.3 Å². The summed E-state index contributed by atoms with van der Waals surface area (Å²) in [6.45, 7) is 1.69. The van der Waals surface area contributed by atoms with Crippen LogP contribution in [0.5, 0.6) is 0 Å². The van der Waals surface area contributed by atoms with Gasteiger partial charge in [0.15, 0.2) is 0 Å². The predicted octanol–water partition coefficient (Wildman–Crippen LogP) is 2.99. The molecule has 1 N–H and O–H groups in total. The van der Waals surface area contributed by atoms with Crippen LogP contribution in [0.4, 0.5) is 15.0 Å². The smallest absolute Gasteiger partial charge is 0.326 e. The fourth-order valence-corrected chi connectivity index (χ4v) is 3.23. The van der Waals surface area contributed by atoms with Crippen molar-refractivity contribution >= 4 is 17.8 Å². The number of halogens is 1. The summed E-state index contributed by atoms with van der Waals surface area (Å²) in [4.78, 5) is 36.9. The van der Waals surface area contributed by atoms with E-state index in [1.54, 1.807) is 40.3 Å². The zero-order valence-electron chi connectivity index (χ0n) is 16.2. The lowest BCUT2D eigenvalue weighted by Gasteiger charge is -2.18. The number of pyridine rings is 2. The summed E-state index contributed by atoms with van der Waals surface area (Å²) < 4.78 is 13.1. The molecule has 1 aliphatic heterocycles. The highest BCUT2D eigenvalue weighted by Gasteiger charge is 2.30. The SMILES string of the molecule is O=C(NCc1ccccn1)c1ccnc(N2CCN(Cc3ccc(F)cc3)C2=O)c1. The third-order valence-electron chi connectivity index (χ3n) is 4.82. The van der Waals surface area contributed by atoms with Crippen molar-refractivity contribution in [3.63, 3.8) is 0 Å². The van der Waals surface area contributed by atoms with Crippen LogP contribution < -0.4 is 10.2 Å². The van der Waals surface area contributed by atoms with Crippen molar-refractivity contribution in [2.45, 2.75) is 13.1 Å². The number of benzene rings is 1. The highest BCUT2D eigenvalue weighted by Crippen LogP contribution is 2.21. The lowest BCUT2D eigenvalue weighted by atomic mass is 10.2. The molecule has 0 unspecified atom stereocenters. The summed E-state index contributed by atoms with van der Waals surface area (Å²) in [6.07, 6.45) is 3.18. The third kappa shape index (κ3) is 4.43. The average molecular weight is 405 g/mol. The molecule has 0 aliphatic carbocycles. The lowest BCUT2D eigenvalue weighted by molar-refractivity contribution is 0.0950. The molecule has 0 radical (unpaired) electrons. The molecule has 1 aromatic carbocycles. The Kier molecular flexibility index (Phi) is 5.65. The molecule has 0 saturated carbocycles. The molecule has 8 heteroatoms. The number of rotatable bonds is 6. The lowest BCUT2D eigenvalue weighted by Crippen LogP contribution is -2.32. The molecule has 0 spiro atoms. The summed E-state index contributed by atoms with van der Waals surface area (Å²) in [7, 11) is 0. The topological polar surface area (TPSA) is 78.4 Å². The summed E-state index contributed by atoms with van der Waals surface area (Å²) in [5.74, 6) is -0.151. The van der Waals surface area contributed by atoms with Gasteiger partial charge in [-0.3, -0.25) is 14.7 Å². The first kappa shape index (κ1) is 19.5. The predicted molar refractivity (Wildman–Crippen MR) is 109 cm³/mol. The molecular weight excluding hydrogens is 385 g/mol. The highest BCUT2D eigenvalue weighted by molar-refractivity contribution is 5.97. The number of hydrogen-bond acceptors (Lipinski definition) is 4. The van der Waals surface area contributed by atoms with Gasteiger partial charge in [-0.2, -0.15) is 0 Å². The zero-order valence-corrected chi connectivity index (χ0v) is 16.2. The second-order valence-corrected chi connectivity index (χ2v) is 6.89. The van der Waals surface area contributed by atoms with Crippen molar-refractivity contribution in [3.8, 4) is 0 Å². The number of carbonyl (C=O) groups is 2. The number of nitrogens with one attached hydrogen (secondary N) is 1. The Labute approximate surface area is 173 Å². The molecule has 1 aliphatic rings. The number of carbonyl (C=O) groups excluding carboxylic acids is 2. The molecule has 2 aromatic heterocycles. The maximum atomic E-state index is 13.1. The molecule has 0 atom stereocenters. The van der Waals surface area contributed by atoms with Gasteiger partial charge in [0.05, 0.1) is 12.2 Å². The molecule has 1 saturated heterocycles. The van der Waals surface area contributed by atoms with E-state index in [1.807, 2.05) is 18.2 Å². The van der Waals surface area contributed by atoms with Gasteiger partial charge in [0, 0.05) is 37.6 Å². The molecule has 30 heavy (non-hydrogen) atoms. The maximum absolute atomic E-state index is 13.1. The van der Waals surface area contributed by atoms with Gasteiger partial charge in [-0.05, 0) is 42.0 Å². The fourth-order valence-electron chi connectivity index (χ4n) is 3.23. The minimum atomic E-state index is -0.310. The van der Waals surface area contributed by atoms with Crippen LogP contribution in [0.1, 0.15) is 21.6 Å². The number of aromatic nitrogens is 2. The highest BCUT2D eigenvalue weighted by atomic mass is 19.1. The maximum Gasteiger partial charge on any atom is 0.326 e. The molecule has 152 valence electrons. The van der Waals surface area contributed by atoms with Crippen molar-refractivity contribution in [2.24, 2.45) is 0 Å². The van der Waals surface area contributed by atoms with Gasteiger partial charge in [-0.15, -0.1) is 0 Å². The number of amides is 3. The Hall–Kier alpha value is -3.81. The molecule has 1 fully saturated rings. The first-order valence-electron chi connectivity index (χ1n) is 9.55. The molecule has 3 heterocycles. The molecule has 0 bridgehead atoms. The van der Waals surface area contributed by atoms with Gasteiger partial charge >= 0.3 is 6.03 Å². The Morgan fingerprint density at radius 3 is 2.63 bits per heavy atom. The number of anilines is 1. The molecular formula is C22H20FN5O2. The van der Waals surface area contributed by atoms with E-state index in [-0.39, 0.29) is 17.8 Å². The third-order valence-corrected chi connectivity index (χ3v) is 4.82. The number of nitrogens with zero attached hydrogens (tertiary/aromatic N) is 4. The van der Waals surface area contributed by atoms with Crippen LogP contribution >= 0.6 is 0 Å².